The second-order valence-corrected chi connectivity index (χ2v) is 4.28. The summed E-state index contributed by atoms with van der Waals surface area (Å²) in [6.07, 6.45) is 1.90. The predicted molar refractivity (Wildman–Crippen MR) is 61.8 cm³/mol. The molecule has 0 fully saturated rings. The van der Waals surface area contributed by atoms with Gasteiger partial charge in [0.25, 0.3) is 0 Å². The van der Waals surface area contributed by atoms with Crippen LogP contribution < -0.4 is 10.5 Å². The van der Waals surface area contributed by atoms with Gasteiger partial charge in [0, 0.05) is 18.3 Å². The highest BCUT2D eigenvalue weighted by Gasteiger charge is 2.10. The minimum atomic E-state index is 0.0182. The van der Waals surface area contributed by atoms with E-state index in [1.807, 2.05) is 26.0 Å². The van der Waals surface area contributed by atoms with Crippen LogP contribution in [0.1, 0.15) is 39.3 Å². The van der Waals surface area contributed by atoms with Gasteiger partial charge in [-0.25, -0.2) is 4.98 Å². The summed E-state index contributed by atoms with van der Waals surface area (Å²) in [5.74, 6) is 1.14. The van der Waals surface area contributed by atoms with Gasteiger partial charge in [0.2, 0.25) is 5.88 Å². The molecule has 2 atom stereocenters. The van der Waals surface area contributed by atoms with E-state index in [-0.39, 0.29) is 12.1 Å². The highest BCUT2D eigenvalue weighted by molar-refractivity contribution is 5.22. The first-order valence-corrected chi connectivity index (χ1v) is 5.39. The zero-order valence-corrected chi connectivity index (χ0v) is 9.90. The van der Waals surface area contributed by atoms with E-state index in [0.29, 0.717) is 11.8 Å². The van der Waals surface area contributed by atoms with Gasteiger partial charge in [-0.15, -0.1) is 0 Å². The summed E-state index contributed by atoms with van der Waals surface area (Å²) in [7, 11) is 0. The lowest BCUT2D eigenvalue weighted by Gasteiger charge is -2.17. The molecule has 3 nitrogen and oxygen atoms in total. The highest BCUT2D eigenvalue weighted by atomic mass is 16.5. The number of ether oxygens (including phenoxy) is 1. The number of nitrogens with zero attached hydrogens (tertiary/aromatic N) is 1. The minimum Gasteiger partial charge on any atom is -0.474 e. The van der Waals surface area contributed by atoms with Crippen molar-refractivity contribution in [3.63, 3.8) is 0 Å². The van der Waals surface area contributed by atoms with Gasteiger partial charge in [-0.2, -0.15) is 0 Å². The molecule has 0 saturated carbocycles. The topological polar surface area (TPSA) is 48.1 Å². The Labute approximate surface area is 91.7 Å². The molecule has 2 N–H and O–H groups in total. The monoisotopic (exact) mass is 208 g/mol. The molecule has 0 saturated heterocycles. The van der Waals surface area contributed by atoms with Gasteiger partial charge < -0.3 is 10.5 Å². The Morgan fingerprint density at radius 1 is 1.27 bits per heavy atom. The van der Waals surface area contributed by atoms with Crippen LogP contribution in [0.2, 0.25) is 0 Å². The zero-order valence-electron chi connectivity index (χ0n) is 9.90. The Kier molecular flexibility index (Phi) is 4.09. The van der Waals surface area contributed by atoms with Gasteiger partial charge in [-0.1, -0.05) is 13.8 Å². The van der Waals surface area contributed by atoms with Crippen molar-refractivity contribution in [1.29, 1.82) is 0 Å². The number of hydrogen-bond donors (Lipinski definition) is 1. The number of rotatable bonds is 4. The maximum atomic E-state index is 5.79. The molecule has 0 radical (unpaired) electrons. The van der Waals surface area contributed by atoms with Crippen molar-refractivity contribution in [2.75, 3.05) is 0 Å². The number of pyridine rings is 1. The molecule has 0 bridgehead atoms. The van der Waals surface area contributed by atoms with E-state index >= 15 is 0 Å². The van der Waals surface area contributed by atoms with Gasteiger partial charge in [-0.3, -0.25) is 0 Å². The molecule has 0 aliphatic heterocycles. The molecule has 1 aromatic heterocycles. The third-order valence-electron chi connectivity index (χ3n) is 2.53. The Balaban J connectivity index is 2.73. The van der Waals surface area contributed by atoms with Crippen LogP contribution in [0.15, 0.2) is 18.3 Å². The smallest absolute Gasteiger partial charge is 0.213 e. The lowest BCUT2D eigenvalue weighted by Crippen LogP contribution is -2.19. The predicted octanol–water partition coefficient (Wildman–Crippen LogP) is 2.52. The minimum absolute atomic E-state index is 0.0182. The molecule has 0 aliphatic carbocycles. The van der Waals surface area contributed by atoms with Crippen molar-refractivity contribution >= 4 is 0 Å². The quantitative estimate of drug-likeness (QED) is 0.827. The van der Waals surface area contributed by atoms with Crippen LogP contribution in [0, 0.1) is 5.92 Å². The van der Waals surface area contributed by atoms with E-state index in [1.165, 1.54) is 0 Å². The summed E-state index contributed by atoms with van der Waals surface area (Å²) in [6.45, 7) is 8.25. The number of aromatic nitrogens is 1. The van der Waals surface area contributed by atoms with E-state index in [2.05, 4.69) is 18.8 Å². The van der Waals surface area contributed by atoms with E-state index in [1.54, 1.807) is 6.20 Å². The largest absolute Gasteiger partial charge is 0.474 e. The first-order valence-electron chi connectivity index (χ1n) is 5.39. The van der Waals surface area contributed by atoms with Crippen molar-refractivity contribution in [2.24, 2.45) is 11.7 Å². The van der Waals surface area contributed by atoms with E-state index in [9.17, 15) is 0 Å². The lowest BCUT2D eigenvalue weighted by molar-refractivity contribution is 0.163. The Hall–Kier alpha value is -1.09. The van der Waals surface area contributed by atoms with E-state index in [0.717, 1.165) is 5.56 Å². The van der Waals surface area contributed by atoms with Crippen molar-refractivity contribution in [2.45, 2.75) is 39.8 Å². The molecule has 0 spiro atoms. The molecule has 3 heteroatoms. The van der Waals surface area contributed by atoms with Gasteiger partial charge in [-0.05, 0) is 31.4 Å². The first-order chi connectivity index (χ1) is 7.00. The van der Waals surface area contributed by atoms with Crippen LogP contribution in [-0.2, 0) is 0 Å². The fourth-order valence-electron chi connectivity index (χ4n) is 1.10. The van der Waals surface area contributed by atoms with Crippen molar-refractivity contribution in [3.05, 3.63) is 23.9 Å². The average molecular weight is 208 g/mol. The standard InChI is InChI=1S/C12H20N2O/c1-8(2)10(4)15-12-7-11(9(3)13)5-6-14-12/h5-10H,13H2,1-4H3. The van der Waals surface area contributed by atoms with Crippen molar-refractivity contribution < 1.29 is 4.74 Å². The summed E-state index contributed by atoms with van der Waals surface area (Å²) in [6, 6.07) is 3.84. The normalized spacial score (nSPS) is 15.1. The summed E-state index contributed by atoms with van der Waals surface area (Å²) >= 11 is 0. The maximum absolute atomic E-state index is 5.79. The molecule has 1 aromatic rings. The molecule has 1 rings (SSSR count). The Bertz CT molecular complexity index is 310. The third-order valence-corrected chi connectivity index (χ3v) is 2.53. The van der Waals surface area contributed by atoms with Crippen LogP contribution >= 0.6 is 0 Å². The molecular weight excluding hydrogens is 188 g/mol. The molecule has 1 heterocycles. The average Bonchev–Trinajstić information content (AvgIpc) is 2.18. The fraction of sp³-hybridized carbons (Fsp3) is 0.583. The van der Waals surface area contributed by atoms with Gasteiger partial charge in [0.1, 0.15) is 0 Å². The number of hydrogen-bond acceptors (Lipinski definition) is 3. The van der Waals surface area contributed by atoms with Gasteiger partial charge in [0.15, 0.2) is 0 Å². The molecule has 0 aromatic carbocycles. The van der Waals surface area contributed by atoms with Crippen LogP contribution in [0.4, 0.5) is 0 Å². The first kappa shape index (κ1) is 12.0. The maximum Gasteiger partial charge on any atom is 0.213 e. The van der Waals surface area contributed by atoms with Crippen molar-refractivity contribution in [1.82, 2.24) is 4.98 Å². The SMILES string of the molecule is CC(N)c1ccnc(OC(C)C(C)C)c1. The van der Waals surface area contributed by atoms with Crippen LogP contribution in [0.3, 0.4) is 0 Å². The molecule has 0 aliphatic rings. The van der Waals surface area contributed by atoms with Crippen LogP contribution in [0.25, 0.3) is 0 Å². The molecular formula is C12H20N2O. The summed E-state index contributed by atoms with van der Waals surface area (Å²) < 4.78 is 5.70. The fourth-order valence-corrected chi connectivity index (χ4v) is 1.10. The Morgan fingerprint density at radius 3 is 2.47 bits per heavy atom. The van der Waals surface area contributed by atoms with Crippen molar-refractivity contribution in [3.8, 4) is 5.88 Å². The van der Waals surface area contributed by atoms with E-state index < -0.39 is 0 Å². The second kappa shape index (κ2) is 5.12. The zero-order chi connectivity index (χ0) is 11.4. The Morgan fingerprint density at radius 2 is 1.93 bits per heavy atom. The summed E-state index contributed by atoms with van der Waals surface area (Å²) in [5.41, 5.74) is 6.84. The van der Waals surface area contributed by atoms with Crippen LogP contribution in [0.5, 0.6) is 5.88 Å². The molecule has 15 heavy (non-hydrogen) atoms. The van der Waals surface area contributed by atoms with Crippen LogP contribution in [-0.4, -0.2) is 11.1 Å². The van der Waals surface area contributed by atoms with E-state index in [4.69, 9.17) is 10.5 Å². The lowest BCUT2D eigenvalue weighted by atomic mass is 10.1. The summed E-state index contributed by atoms with van der Waals surface area (Å²) in [5, 5.41) is 0. The van der Waals surface area contributed by atoms with Gasteiger partial charge >= 0.3 is 0 Å². The third kappa shape index (κ3) is 3.51. The molecule has 84 valence electrons. The van der Waals surface area contributed by atoms with Gasteiger partial charge in [0.05, 0.1) is 6.10 Å². The molecule has 0 amide bonds. The highest BCUT2D eigenvalue weighted by Crippen LogP contribution is 2.17. The number of nitrogens with two attached hydrogens (primary N) is 1. The molecule has 2 unspecified atom stereocenters. The summed E-state index contributed by atoms with van der Waals surface area (Å²) in [4.78, 5) is 4.17. The second-order valence-electron chi connectivity index (χ2n) is 4.28.